The summed E-state index contributed by atoms with van der Waals surface area (Å²) in [5.41, 5.74) is 4.51. The summed E-state index contributed by atoms with van der Waals surface area (Å²) >= 11 is 1.56. The van der Waals surface area contributed by atoms with Crippen LogP contribution in [0.2, 0.25) is 0 Å². The molecule has 0 saturated carbocycles. The van der Waals surface area contributed by atoms with E-state index in [0.29, 0.717) is 25.0 Å². The number of thiazole rings is 1. The number of alkyl halides is 1. The van der Waals surface area contributed by atoms with Crippen molar-refractivity contribution in [3.05, 3.63) is 106 Å². The number of aryl methyl sites for hydroxylation is 1. The van der Waals surface area contributed by atoms with Gasteiger partial charge >= 0.3 is 0 Å². The van der Waals surface area contributed by atoms with E-state index in [1.54, 1.807) is 44.7 Å². The number of para-hydroxylation sites is 1. The highest BCUT2D eigenvalue weighted by Crippen LogP contribution is 2.44. The number of hydrogen-bond acceptors (Lipinski definition) is 10. The van der Waals surface area contributed by atoms with Crippen LogP contribution in [0.3, 0.4) is 0 Å². The fourth-order valence-electron chi connectivity index (χ4n) is 9.65. The van der Waals surface area contributed by atoms with Crippen molar-refractivity contribution >= 4 is 45.9 Å². The van der Waals surface area contributed by atoms with Crippen LogP contribution < -0.4 is 15.4 Å². The van der Waals surface area contributed by atoms with Crippen molar-refractivity contribution < 1.29 is 46.9 Å². The van der Waals surface area contributed by atoms with Crippen LogP contribution in [0.4, 0.5) is 13.2 Å². The zero-order valence-electron chi connectivity index (χ0n) is 42.5. The number of carbonyl (C=O) groups excluding carboxylic acids is 4. The number of carbonyl (C=O) groups is 4. The molecular weight excluding hydrogens is 948 g/mol. The number of aliphatic hydroxyl groups excluding tert-OH is 1. The van der Waals surface area contributed by atoms with Gasteiger partial charge in [0, 0.05) is 86.5 Å². The molecule has 1 fully saturated rings. The minimum absolute atomic E-state index is 0.0260. The molecule has 4 amide bonds. The molecule has 0 aliphatic carbocycles. The van der Waals surface area contributed by atoms with Gasteiger partial charge in [-0.05, 0) is 75.1 Å². The molecule has 0 spiro atoms. The Balaban J connectivity index is 0.837. The molecule has 4 N–H and O–H groups in total. The van der Waals surface area contributed by atoms with Gasteiger partial charge < -0.3 is 40.0 Å². The Labute approximate surface area is 423 Å². The number of nitrogens with one attached hydrogen (secondary N) is 3. The Morgan fingerprint density at radius 1 is 1.01 bits per heavy atom. The number of H-pyrrole nitrogens is 1. The van der Waals surface area contributed by atoms with Gasteiger partial charge in [0.1, 0.15) is 48.4 Å². The molecule has 1 saturated heterocycles. The number of fused-ring (bicyclic) bond motifs is 3. The van der Waals surface area contributed by atoms with Gasteiger partial charge in [0.25, 0.3) is 0 Å². The molecule has 0 radical (unpaired) electrons. The lowest BCUT2D eigenvalue weighted by Gasteiger charge is -2.43. The Bertz CT molecular complexity index is 2690. The summed E-state index contributed by atoms with van der Waals surface area (Å²) in [5, 5.41) is 17.2. The van der Waals surface area contributed by atoms with Crippen LogP contribution in [-0.4, -0.2) is 130 Å². The smallest absolute Gasteiger partial charge is 0.246 e. The molecular formula is C54H68F3N7O7S. The quantitative estimate of drug-likeness (QED) is 0.0569. The van der Waals surface area contributed by atoms with Gasteiger partial charge in [-0.2, -0.15) is 0 Å². The van der Waals surface area contributed by atoms with Gasteiger partial charge in [0.05, 0.1) is 34.8 Å². The van der Waals surface area contributed by atoms with E-state index in [4.69, 9.17) is 9.47 Å². The molecule has 2 aliphatic rings. The second-order valence-corrected chi connectivity index (χ2v) is 21.7. The molecule has 5 atom stereocenters. The number of likely N-dealkylation sites (N-methyl/N-ethyl adjacent to an activating group) is 1. The predicted octanol–water partition coefficient (Wildman–Crippen LogP) is 7.80. The van der Waals surface area contributed by atoms with E-state index in [1.807, 2.05) is 67.3 Å². The maximum absolute atomic E-state index is 16.1. The zero-order valence-corrected chi connectivity index (χ0v) is 43.3. The first-order valence-electron chi connectivity index (χ1n) is 24.6. The standard InChI is InChI=1S/C54H68F3N7O7S/c1-32-23-39-38-13-9-10-14-42(38)60-47(39)48(64(32)30-54(6,7)57)46-40(55)25-37(26-41(46)56)71-22-20-62(8)45(67)15-11-12-21-70-29-44(66)61-50(53(3,4)5)52(69)63-28-36(65)24-43(63)51(68)58-27-34-16-18-35(19-17-34)49-33(2)59-31-72-49/h9-10,13-14,16-19,25-26,31-32,36,43,48,50,60,65H,11-12,15,20-24,27-30H2,1-8H3,(H,58,68)(H,61,66)/t32-,36-,43+,48-,50?/m1/s1. The van der Waals surface area contributed by atoms with Gasteiger partial charge in [-0.1, -0.05) is 63.2 Å². The molecule has 18 heteroatoms. The number of aliphatic hydroxyl groups is 1. The molecule has 2 aliphatic heterocycles. The molecule has 14 nitrogen and oxygen atoms in total. The lowest BCUT2D eigenvalue weighted by Crippen LogP contribution is -2.58. The number of aromatic amines is 1. The average Bonchev–Trinajstić information content (AvgIpc) is 4.04. The Morgan fingerprint density at radius 2 is 1.72 bits per heavy atom. The van der Waals surface area contributed by atoms with Crippen LogP contribution in [0.15, 0.2) is 66.2 Å². The van der Waals surface area contributed by atoms with E-state index < -0.39 is 64.7 Å². The number of ether oxygens (including phenoxy) is 2. The number of benzene rings is 3. The number of halogens is 3. The molecule has 3 aromatic carbocycles. The fraction of sp³-hybridized carbons (Fsp3) is 0.500. The van der Waals surface area contributed by atoms with Gasteiger partial charge in [-0.3, -0.25) is 24.1 Å². The highest BCUT2D eigenvalue weighted by Gasteiger charge is 2.45. The van der Waals surface area contributed by atoms with E-state index in [1.165, 1.54) is 23.6 Å². The molecule has 4 heterocycles. The Morgan fingerprint density at radius 3 is 2.39 bits per heavy atom. The van der Waals surface area contributed by atoms with E-state index in [0.717, 1.165) is 50.3 Å². The highest BCUT2D eigenvalue weighted by atomic mass is 32.1. The summed E-state index contributed by atoms with van der Waals surface area (Å²) in [4.78, 5) is 66.9. The van der Waals surface area contributed by atoms with E-state index in [9.17, 15) is 24.3 Å². The maximum Gasteiger partial charge on any atom is 0.246 e. The minimum Gasteiger partial charge on any atom is -0.492 e. The fourth-order valence-corrected chi connectivity index (χ4v) is 10.5. The highest BCUT2D eigenvalue weighted by molar-refractivity contribution is 7.13. The summed E-state index contributed by atoms with van der Waals surface area (Å²) in [6.45, 7) is 12.3. The normalized spacial score (nSPS) is 18.8. The van der Waals surface area contributed by atoms with Crippen molar-refractivity contribution in [3.63, 3.8) is 0 Å². The van der Waals surface area contributed by atoms with Crippen LogP contribution in [-0.2, 0) is 36.9 Å². The number of rotatable bonds is 20. The third-order valence-corrected chi connectivity index (χ3v) is 14.4. The van der Waals surface area contributed by atoms with Crippen molar-refractivity contribution in [1.82, 2.24) is 35.3 Å². The summed E-state index contributed by atoms with van der Waals surface area (Å²) in [5.74, 6) is -3.27. The SMILES string of the molecule is Cc1ncsc1-c1ccc(CNC(=O)[C@@H]2C[C@@H](O)CN2C(=O)C(NC(=O)COCCCCC(=O)N(C)CCOc2cc(F)c([C@@H]3c4[nH]c5ccccc5c4C[C@@H](C)N3CC(C)(C)F)c(F)c2)C(C)(C)C)cc1. The van der Waals surface area contributed by atoms with Crippen LogP contribution in [0, 0.1) is 24.0 Å². The Hall–Kier alpha value is -5.82. The predicted molar refractivity (Wildman–Crippen MR) is 271 cm³/mol. The van der Waals surface area contributed by atoms with Gasteiger partial charge in [0.2, 0.25) is 23.6 Å². The van der Waals surface area contributed by atoms with Crippen LogP contribution >= 0.6 is 11.3 Å². The summed E-state index contributed by atoms with van der Waals surface area (Å²) in [6.07, 6.45) is 0.853. The number of hydrogen-bond donors (Lipinski definition) is 4. The number of aromatic nitrogens is 2. The summed E-state index contributed by atoms with van der Waals surface area (Å²) in [6, 6.07) is 14.7. The van der Waals surface area contributed by atoms with Crippen LogP contribution in [0.25, 0.3) is 21.3 Å². The molecule has 5 aromatic rings. The van der Waals surface area contributed by atoms with Crippen molar-refractivity contribution in [3.8, 4) is 16.2 Å². The Kier molecular flexibility index (Phi) is 17.2. The lowest BCUT2D eigenvalue weighted by atomic mass is 9.85. The van der Waals surface area contributed by atoms with Gasteiger partial charge in [-0.15, -0.1) is 11.3 Å². The van der Waals surface area contributed by atoms with Crippen LogP contribution in [0.1, 0.15) is 101 Å². The van der Waals surface area contributed by atoms with Gasteiger partial charge in [-0.25, -0.2) is 18.2 Å². The topological polar surface area (TPSA) is 169 Å². The number of likely N-dealkylation sites (tertiary alicyclic amines) is 1. The molecule has 388 valence electrons. The summed E-state index contributed by atoms with van der Waals surface area (Å²) < 4.78 is 58.8. The second kappa shape index (κ2) is 22.9. The van der Waals surface area contributed by atoms with Crippen molar-refractivity contribution in [1.29, 1.82) is 0 Å². The zero-order chi connectivity index (χ0) is 52.1. The van der Waals surface area contributed by atoms with E-state index >= 15 is 13.2 Å². The van der Waals surface area contributed by atoms with Crippen molar-refractivity contribution in [2.75, 3.05) is 46.5 Å². The third kappa shape index (κ3) is 13.0. The van der Waals surface area contributed by atoms with Gasteiger partial charge in [0.15, 0.2) is 0 Å². The molecule has 2 aromatic heterocycles. The maximum atomic E-state index is 16.1. The minimum atomic E-state index is -1.63. The summed E-state index contributed by atoms with van der Waals surface area (Å²) in [7, 11) is 1.61. The van der Waals surface area contributed by atoms with E-state index in [2.05, 4.69) is 20.6 Å². The molecule has 1 unspecified atom stereocenters. The number of nitrogens with zero attached hydrogens (tertiary/aromatic N) is 4. The first-order chi connectivity index (χ1) is 34.1. The number of β-amino-alcohol motifs (C(OH)–C–C–N with tert-alkyl or cyclic N) is 1. The second-order valence-electron chi connectivity index (χ2n) is 20.8. The number of unbranched alkanes of at least 4 members (excludes halogenated alkanes) is 1. The lowest BCUT2D eigenvalue weighted by molar-refractivity contribution is -0.144. The monoisotopic (exact) mass is 1020 g/mol. The average molecular weight is 1020 g/mol. The van der Waals surface area contributed by atoms with Crippen molar-refractivity contribution in [2.45, 2.75) is 123 Å². The molecule has 7 rings (SSSR count). The largest absolute Gasteiger partial charge is 0.492 e. The molecule has 72 heavy (non-hydrogen) atoms. The third-order valence-electron chi connectivity index (χ3n) is 13.4. The first kappa shape index (κ1) is 54.0. The van der Waals surface area contributed by atoms with Crippen molar-refractivity contribution in [2.24, 2.45) is 5.41 Å². The van der Waals surface area contributed by atoms with Crippen LogP contribution in [0.5, 0.6) is 5.75 Å². The van der Waals surface area contributed by atoms with E-state index in [-0.39, 0.29) is 82.1 Å². The molecule has 0 bridgehead atoms. The first-order valence-corrected chi connectivity index (χ1v) is 25.5. The number of amides is 4.